The Kier molecular flexibility index (Phi) is 6.15. The van der Waals surface area contributed by atoms with Crippen LogP contribution < -0.4 is 0 Å². The fraction of sp³-hybridized carbons (Fsp3) is 0. The average molecular weight is 626 g/mol. The molecule has 10 aromatic rings. The molecule has 0 saturated carbocycles. The number of nitrogens with zero attached hydrogens (tertiary/aromatic N) is 3. The van der Waals surface area contributed by atoms with Crippen molar-refractivity contribution in [3.05, 3.63) is 164 Å². The minimum atomic E-state index is 0.629. The highest BCUT2D eigenvalue weighted by atomic mass is 16.3. The molecule has 0 unspecified atom stereocenters. The van der Waals surface area contributed by atoms with Gasteiger partial charge in [-0.25, -0.2) is 15.0 Å². The Morgan fingerprint density at radius 1 is 0.286 bits per heavy atom. The number of aromatic nitrogens is 3. The summed E-state index contributed by atoms with van der Waals surface area (Å²) in [5, 5.41) is 7.18. The summed E-state index contributed by atoms with van der Waals surface area (Å²) in [5.41, 5.74) is 9.05. The van der Waals surface area contributed by atoms with E-state index in [2.05, 4.69) is 103 Å². The molecular formula is C45H27N3O. The Bertz CT molecular complexity index is 2750. The normalized spacial score (nSPS) is 11.7. The molecule has 228 valence electrons. The van der Waals surface area contributed by atoms with Gasteiger partial charge in [-0.15, -0.1) is 0 Å². The third kappa shape index (κ3) is 4.57. The summed E-state index contributed by atoms with van der Waals surface area (Å²) in [4.78, 5) is 14.8. The Labute approximate surface area is 282 Å². The minimum absolute atomic E-state index is 0.629. The zero-order chi connectivity index (χ0) is 32.3. The van der Waals surface area contributed by atoms with Crippen LogP contribution in [-0.4, -0.2) is 15.0 Å². The molecule has 0 atom stereocenters. The SMILES string of the molecule is c1ccc(-c2cc3oc4cc(-c5cccc(-c6nc(-c7ccccc7)nc(-c7ccccc7)n6)c5)cc5c6ccccc6c(c2)c3c45)cc1. The zero-order valence-electron chi connectivity index (χ0n) is 26.3. The Morgan fingerprint density at radius 3 is 1.22 bits per heavy atom. The molecule has 0 spiro atoms. The van der Waals surface area contributed by atoms with Crippen molar-refractivity contribution in [2.45, 2.75) is 0 Å². The van der Waals surface area contributed by atoms with Crippen molar-refractivity contribution < 1.29 is 4.42 Å². The van der Waals surface area contributed by atoms with Gasteiger partial charge in [-0.3, -0.25) is 0 Å². The van der Waals surface area contributed by atoms with Crippen LogP contribution in [0.1, 0.15) is 0 Å². The summed E-state index contributed by atoms with van der Waals surface area (Å²) >= 11 is 0. The van der Waals surface area contributed by atoms with Gasteiger partial charge < -0.3 is 4.42 Å². The van der Waals surface area contributed by atoms with Gasteiger partial charge in [0.05, 0.1) is 0 Å². The molecule has 10 rings (SSSR count). The van der Waals surface area contributed by atoms with Gasteiger partial charge in [-0.2, -0.15) is 0 Å². The van der Waals surface area contributed by atoms with E-state index in [0.29, 0.717) is 17.5 Å². The van der Waals surface area contributed by atoms with Crippen LogP contribution >= 0.6 is 0 Å². The second kappa shape index (κ2) is 11.0. The lowest BCUT2D eigenvalue weighted by Gasteiger charge is -2.12. The van der Waals surface area contributed by atoms with Crippen molar-refractivity contribution in [1.82, 2.24) is 15.0 Å². The summed E-state index contributed by atoms with van der Waals surface area (Å²) in [6, 6.07) is 56.8. The molecule has 49 heavy (non-hydrogen) atoms. The zero-order valence-corrected chi connectivity index (χ0v) is 26.3. The van der Waals surface area contributed by atoms with E-state index in [-0.39, 0.29) is 0 Å². The summed E-state index contributed by atoms with van der Waals surface area (Å²) in [5.74, 6) is 1.92. The summed E-state index contributed by atoms with van der Waals surface area (Å²) in [6.45, 7) is 0. The molecule has 0 fully saturated rings. The summed E-state index contributed by atoms with van der Waals surface area (Å²) < 4.78 is 6.72. The highest BCUT2D eigenvalue weighted by Gasteiger charge is 2.20. The largest absolute Gasteiger partial charge is 0.456 e. The van der Waals surface area contributed by atoms with Crippen molar-refractivity contribution in [3.63, 3.8) is 0 Å². The second-order valence-electron chi connectivity index (χ2n) is 12.4. The van der Waals surface area contributed by atoms with Gasteiger partial charge in [0, 0.05) is 27.5 Å². The molecule has 0 N–H and O–H groups in total. The number of rotatable bonds is 5. The maximum Gasteiger partial charge on any atom is 0.164 e. The van der Waals surface area contributed by atoms with Crippen LogP contribution in [0.5, 0.6) is 0 Å². The molecule has 0 radical (unpaired) electrons. The van der Waals surface area contributed by atoms with Gasteiger partial charge in [0.1, 0.15) is 11.2 Å². The predicted octanol–water partition coefficient (Wildman–Crippen LogP) is 11.9. The van der Waals surface area contributed by atoms with Crippen LogP contribution in [0.25, 0.3) is 99.9 Å². The molecule has 0 aliphatic heterocycles. The molecule has 8 aromatic carbocycles. The van der Waals surface area contributed by atoms with Crippen molar-refractivity contribution >= 4 is 43.5 Å². The van der Waals surface area contributed by atoms with E-state index in [1.807, 2.05) is 60.7 Å². The first-order valence-corrected chi connectivity index (χ1v) is 16.4. The lowest BCUT2D eigenvalue weighted by atomic mass is 9.90. The fourth-order valence-corrected chi connectivity index (χ4v) is 7.14. The van der Waals surface area contributed by atoms with Crippen LogP contribution in [-0.2, 0) is 0 Å². The van der Waals surface area contributed by atoms with Crippen LogP contribution in [0.4, 0.5) is 0 Å². The molecular weight excluding hydrogens is 599 g/mol. The second-order valence-corrected chi connectivity index (χ2v) is 12.4. The average Bonchev–Trinajstić information content (AvgIpc) is 3.57. The van der Waals surface area contributed by atoms with Gasteiger partial charge in [0.25, 0.3) is 0 Å². The van der Waals surface area contributed by atoms with Gasteiger partial charge in [-0.05, 0) is 74.1 Å². The monoisotopic (exact) mass is 625 g/mol. The topological polar surface area (TPSA) is 51.8 Å². The number of furan rings is 1. The highest BCUT2D eigenvalue weighted by Crippen LogP contribution is 2.46. The molecule has 0 amide bonds. The van der Waals surface area contributed by atoms with Gasteiger partial charge in [0.2, 0.25) is 0 Å². The number of fused-ring (bicyclic) bond motifs is 3. The van der Waals surface area contributed by atoms with Gasteiger partial charge in [-0.1, -0.05) is 133 Å². The van der Waals surface area contributed by atoms with E-state index in [1.54, 1.807) is 0 Å². The first-order chi connectivity index (χ1) is 24.3. The van der Waals surface area contributed by atoms with Crippen molar-refractivity contribution in [3.8, 4) is 56.4 Å². The first-order valence-electron chi connectivity index (χ1n) is 16.4. The highest BCUT2D eigenvalue weighted by molar-refractivity contribution is 6.34. The fourth-order valence-electron chi connectivity index (χ4n) is 7.14. The van der Waals surface area contributed by atoms with Crippen LogP contribution in [0.15, 0.2) is 168 Å². The molecule has 0 bridgehead atoms. The van der Waals surface area contributed by atoms with Crippen molar-refractivity contribution in [2.75, 3.05) is 0 Å². The molecule has 4 heteroatoms. The maximum absolute atomic E-state index is 6.72. The molecule has 0 aliphatic carbocycles. The number of benzene rings is 8. The molecule has 0 saturated heterocycles. The number of hydrogen-bond donors (Lipinski definition) is 0. The predicted molar refractivity (Wildman–Crippen MR) is 200 cm³/mol. The standard InChI is InChI=1S/C45H27N3O/c1-4-13-28(14-5-1)33-24-37-35-21-10-11-22-36(35)38-25-34(27-40-42(38)41(37)39(26-33)49-40)31-19-12-20-32(23-31)45-47-43(29-15-6-2-7-16-29)46-44(48-45)30-17-8-3-9-18-30/h1-27H. The van der Waals surface area contributed by atoms with Crippen LogP contribution in [0.3, 0.4) is 0 Å². The minimum Gasteiger partial charge on any atom is -0.456 e. The summed E-state index contributed by atoms with van der Waals surface area (Å²) in [6.07, 6.45) is 0. The van der Waals surface area contributed by atoms with E-state index in [9.17, 15) is 0 Å². The van der Waals surface area contributed by atoms with E-state index >= 15 is 0 Å². The van der Waals surface area contributed by atoms with E-state index in [4.69, 9.17) is 19.4 Å². The molecule has 2 heterocycles. The van der Waals surface area contributed by atoms with Crippen molar-refractivity contribution in [1.29, 1.82) is 0 Å². The molecule has 4 nitrogen and oxygen atoms in total. The maximum atomic E-state index is 6.72. The third-order valence-electron chi connectivity index (χ3n) is 9.44. The van der Waals surface area contributed by atoms with E-state index in [0.717, 1.165) is 44.5 Å². The Hall–Kier alpha value is -6.65. The molecule has 2 aromatic heterocycles. The smallest absolute Gasteiger partial charge is 0.164 e. The van der Waals surface area contributed by atoms with E-state index in [1.165, 1.54) is 37.9 Å². The summed E-state index contributed by atoms with van der Waals surface area (Å²) in [7, 11) is 0. The van der Waals surface area contributed by atoms with Crippen molar-refractivity contribution in [2.24, 2.45) is 0 Å². The van der Waals surface area contributed by atoms with Crippen LogP contribution in [0.2, 0.25) is 0 Å². The lowest BCUT2D eigenvalue weighted by Crippen LogP contribution is -2.00. The van der Waals surface area contributed by atoms with Gasteiger partial charge >= 0.3 is 0 Å². The van der Waals surface area contributed by atoms with Gasteiger partial charge in [0.15, 0.2) is 17.5 Å². The van der Waals surface area contributed by atoms with Crippen LogP contribution in [0, 0.1) is 0 Å². The quantitative estimate of drug-likeness (QED) is 0.179. The third-order valence-corrected chi connectivity index (χ3v) is 9.44. The number of hydrogen-bond acceptors (Lipinski definition) is 4. The first kappa shape index (κ1) is 27.5. The Morgan fingerprint density at radius 2 is 0.694 bits per heavy atom. The molecule has 0 aliphatic rings. The van der Waals surface area contributed by atoms with E-state index < -0.39 is 0 Å². The lowest BCUT2D eigenvalue weighted by molar-refractivity contribution is 0.669. The Balaban J connectivity index is 1.17.